The number of nitrogens with one attached hydrogen (secondary N) is 1. The minimum Gasteiger partial charge on any atom is -0.307 e. The molecule has 0 spiro atoms. The molecule has 7 heteroatoms. The predicted octanol–water partition coefficient (Wildman–Crippen LogP) is 1.94. The van der Waals surface area contributed by atoms with Crippen LogP contribution in [0.25, 0.3) is 5.69 Å². The molecule has 0 radical (unpaired) electrons. The number of halogens is 3. The average molecular weight is 268 g/mol. The van der Waals surface area contributed by atoms with Gasteiger partial charge in [0, 0.05) is 18.2 Å². The highest BCUT2D eigenvalue weighted by molar-refractivity contribution is 5.34. The highest BCUT2D eigenvalue weighted by Gasteiger charge is 2.22. The van der Waals surface area contributed by atoms with Crippen molar-refractivity contribution in [3.05, 3.63) is 41.7 Å². The molecule has 1 N–H and O–H groups in total. The molecule has 1 aliphatic rings. The molecular weight excluding hydrogens is 257 g/mol. The van der Waals surface area contributed by atoms with Crippen LogP contribution < -0.4 is 5.32 Å². The van der Waals surface area contributed by atoms with E-state index in [1.165, 1.54) is 11.0 Å². The Labute approximate surface area is 107 Å². The number of nitrogens with zero attached hydrogens (tertiary/aromatic N) is 3. The fourth-order valence-corrected chi connectivity index (χ4v) is 1.78. The molecule has 0 amide bonds. The number of hydrogen-bond donors (Lipinski definition) is 1. The zero-order chi connectivity index (χ0) is 13.4. The number of hydrogen-bond acceptors (Lipinski definition) is 3. The van der Waals surface area contributed by atoms with Gasteiger partial charge in [0.05, 0.1) is 6.54 Å². The van der Waals surface area contributed by atoms with Crippen molar-refractivity contribution in [1.82, 2.24) is 20.1 Å². The third kappa shape index (κ3) is 2.46. The summed E-state index contributed by atoms with van der Waals surface area (Å²) in [6, 6.07) is 1.74. The number of rotatable bonds is 4. The predicted molar refractivity (Wildman–Crippen MR) is 61.1 cm³/mol. The summed E-state index contributed by atoms with van der Waals surface area (Å²) in [4.78, 5) is 3.99. The SMILES string of the molecule is Fc1cc(F)c(-n2ncnc2CNC2CC2)cc1F. The summed E-state index contributed by atoms with van der Waals surface area (Å²) in [5.74, 6) is -2.76. The van der Waals surface area contributed by atoms with E-state index >= 15 is 0 Å². The minimum atomic E-state index is -1.22. The topological polar surface area (TPSA) is 42.7 Å². The van der Waals surface area contributed by atoms with Crippen LogP contribution in [0.3, 0.4) is 0 Å². The summed E-state index contributed by atoms with van der Waals surface area (Å²) in [7, 11) is 0. The summed E-state index contributed by atoms with van der Waals surface area (Å²) in [6.45, 7) is 0.406. The lowest BCUT2D eigenvalue weighted by molar-refractivity contribution is 0.490. The molecule has 100 valence electrons. The zero-order valence-corrected chi connectivity index (χ0v) is 9.91. The van der Waals surface area contributed by atoms with E-state index in [0.717, 1.165) is 18.9 Å². The molecule has 0 saturated heterocycles. The van der Waals surface area contributed by atoms with Crippen LogP contribution in [0, 0.1) is 17.5 Å². The zero-order valence-electron chi connectivity index (χ0n) is 9.91. The lowest BCUT2D eigenvalue weighted by atomic mass is 10.3. The van der Waals surface area contributed by atoms with Crippen LogP contribution >= 0.6 is 0 Å². The average Bonchev–Trinajstić information content (AvgIpc) is 3.09. The molecule has 1 fully saturated rings. The van der Waals surface area contributed by atoms with E-state index in [-0.39, 0.29) is 5.69 Å². The lowest BCUT2D eigenvalue weighted by Crippen LogP contribution is -2.19. The molecule has 1 saturated carbocycles. The monoisotopic (exact) mass is 268 g/mol. The Morgan fingerprint density at radius 2 is 1.89 bits per heavy atom. The molecule has 1 heterocycles. The summed E-state index contributed by atoms with van der Waals surface area (Å²) in [5, 5.41) is 7.05. The van der Waals surface area contributed by atoms with Gasteiger partial charge in [0.1, 0.15) is 17.8 Å². The first kappa shape index (κ1) is 12.2. The Hall–Kier alpha value is -1.89. The molecule has 0 atom stereocenters. The van der Waals surface area contributed by atoms with Crippen LogP contribution in [0.15, 0.2) is 18.5 Å². The maximum atomic E-state index is 13.7. The van der Waals surface area contributed by atoms with Crippen LogP contribution in [0.5, 0.6) is 0 Å². The third-order valence-corrected chi connectivity index (χ3v) is 2.96. The Morgan fingerprint density at radius 3 is 2.63 bits per heavy atom. The fraction of sp³-hybridized carbons (Fsp3) is 0.333. The Balaban J connectivity index is 1.92. The summed E-state index contributed by atoms with van der Waals surface area (Å²) < 4.78 is 40.9. The molecular formula is C12H11F3N4. The van der Waals surface area contributed by atoms with Gasteiger partial charge in [0.15, 0.2) is 17.5 Å². The largest absolute Gasteiger partial charge is 0.307 e. The molecule has 0 unspecified atom stereocenters. The molecule has 2 aromatic rings. The van der Waals surface area contributed by atoms with Crippen LogP contribution in [-0.2, 0) is 6.54 Å². The maximum absolute atomic E-state index is 13.7. The molecule has 1 aliphatic carbocycles. The van der Waals surface area contributed by atoms with Crippen LogP contribution in [0.4, 0.5) is 13.2 Å². The van der Waals surface area contributed by atoms with Crippen LogP contribution in [0.2, 0.25) is 0 Å². The van der Waals surface area contributed by atoms with Crippen molar-refractivity contribution in [2.75, 3.05) is 0 Å². The van der Waals surface area contributed by atoms with E-state index < -0.39 is 17.5 Å². The first-order chi connectivity index (χ1) is 9.15. The van der Waals surface area contributed by atoms with E-state index in [2.05, 4.69) is 15.4 Å². The van der Waals surface area contributed by atoms with Gasteiger partial charge in [-0.05, 0) is 12.8 Å². The molecule has 1 aromatic carbocycles. The van der Waals surface area contributed by atoms with Gasteiger partial charge in [0.2, 0.25) is 0 Å². The van der Waals surface area contributed by atoms with Crippen molar-refractivity contribution in [3.8, 4) is 5.69 Å². The van der Waals surface area contributed by atoms with Gasteiger partial charge in [-0.25, -0.2) is 22.8 Å². The van der Waals surface area contributed by atoms with E-state index in [1.807, 2.05) is 0 Å². The normalized spacial score (nSPS) is 14.9. The fourth-order valence-electron chi connectivity index (χ4n) is 1.78. The Morgan fingerprint density at radius 1 is 1.16 bits per heavy atom. The lowest BCUT2D eigenvalue weighted by Gasteiger charge is -2.08. The number of aromatic nitrogens is 3. The summed E-state index contributed by atoms with van der Waals surface area (Å²) in [6.07, 6.45) is 3.46. The molecule has 4 nitrogen and oxygen atoms in total. The van der Waals surface area contributed by atoms with Crippen LogP contribution in [-0.4, -0.2) is 20.8 Å². The van der Waals surface area contributed by atoms with Crippen molar-refractivity contribution in [1.29, 1.82) is 0 Å². The highest BCUT2D eigenvalue weighted by Crippen LogP contribution is 2.21. The summed E-state index contributed by atoms with van der Waals surface area (Å²) in [5.41, 5.74) is -0.149. The van der Waals surface area contributed by atoms with Gasteiger partial charge in [-0.3, -0.25) is 0 Å². The van der Waals surface area contributed by atoms with Gasteiger partial charge in [0.25, 0.3) is 0 Å². The summed E-state index contributed by atoms with van der Waals surface area (Å²) >= 11 is 0. The first-order valence-electron chi connectivity index (χ1n) is 5.92. The van der Waals surface area contributed by atoms with Crippen molar-refractivity contribution in [3.63, 3.8) is 0 Å². The van der Waals surface area contributed by atoms with Crippen molar-refractivity contribution < 1.29 is 13.2 Å². The number of benzene rings is 1. The standard InChI is InChI=1S/C12H11F3N4/c13-8-3-10(15)11(4-9(8)14)19-12(17-6-18-19)5-16-7-1-2-7/h3-4,6-7,16H,1-2,5H2. The van der Waals surface area contributed by atoms with E-state index in [4.69, 9.17) is 0 Å². The van der Waals surface area contributed by atoms with Gasteiger partial charge >= 0.3 is 0 Å². The molecule has 3 rings (SSSR count). The van der Waals surface area contributed by atoms with Crippen molar-refractivity contribution in [2.24, 2.45) is 0 Å². The smallest absolute Gasteiger partial charge is 0.161 e. The minimum absolute atomic E-state index is 0.149. The maximum Gasteiger partial charge on any atom is 0.161 e. The van der Waals surface area contributed by atoms with Gasteiger partial charge < -0.3 is 5.32 Å². The Bertz CT molecular complexity index is 607. The van der Waals surface area contributed by atoms with Gasteiger partial charge in [-0.2, -0.15) is 5.10 Å². The van der Waals surface area contributed by atoms with Gasteiger partial charge in [-0.15, -0.1) is 0 Å². The first-order valence-corrected chi connectivity index (χ1v) is 5.92. The van der Waals surface area contributed by atoms with Crippen molar-refractivity contribution in [2.45, 2.75) is 25.4 Å². The second-order valence-electron chi connectivity index (χ2n) is 4.46. The molecule has 1 aromatic heterocycles. The quantitative estimate of drug-likeness (QED) is 0.862. The van der Waals surface area contributed by atoms with Gasteiger partial charge in [-0.1, -0.05) is 0 Å². The highest BCUT2D eigenvalue weighted by atomic mass is 19.2. The van der Waals surface area contributed by atoms with E-state index in [9.17, 15) is 13.2 Å². The second kappa shape index (κ2) is 4.65. The third-order valence-electron chi connectivity index (χ3n) is 2.96. The molecule has 19 heavy (non-hydrogen) atoms. The van der Waals surface area contributed by atoms with Crippen molar-refractivity contribution >= 4 is 0 Å². The second-order valence-corrected chi connectivity index (χ2v) is 4.46. The van der Waals surface area contributed by atoms with Crippen LogP contribution in [0.1, 0.15) is 18.7 Å². The molecule has 0 bridgehead atoms. The Kier molecular flexibility index (Phi) is 2.98. The van der Waals surface area contributed by atoms with E-state index in [0.29, 0.717) is 24.5 Å². The van der Waals surface area contributed by atoms with E-state index in [1.54, 1.807) is 0 Å². The molecule has 0 aliphatic heterocycles.